The second-order valence-electron chi connectivity index (χ2n) is 5.18. The maximum Gasteiger partial charge on any atom is 0.245 e. The van der Waals surface area contributed by atoms with Crippen molar-refractivity contribution in [3.05, 3.63) is 48.6 Å². The molecule has 0 saturated heterocycles. The van der Waals surface area contributed by atoms with Crippen LogP contribution in [0.3, 0.4) is 0 Å². The molecule has 1 aromatic rings. The minimum Gasteiger partial charge on any atom is -0.368 e. The molecule has 22 heavy (non-hydrogen) atoms. The van der Waals surface area contributed by atoms with E-state index < -0.39 is 10.0 Å². The summed E-state index contributed by atoms with van der Waals surface area (Å²) in [6.07, 6.45) is 4.26. The van der Waals surface area contributed by atoms with E-state index in [1.165, 1.54) is 11.4 Å². The first-order valence-electron chi connectivity index (χ1n) is 7.31. The quantitative estimate of drug-likeness (QED) is 0.542. The van der Waals surface area contributed by atoms with Crippen molar-refractivity contribution >= 4 is 15.6 Å². The third-order valence-electron chi connectivity index (χ3n) is 3.35. The van der Waals surface area contributed by atoms with Crippen LogP contribution in [0.1, 0.15) is 32.8 Å². The van der Waals surface area contributed by atoms with E-state index in [4.69, 9.17) is 4.74 Å². The Kier molecular flexibility index (Phi) is 7.00. The molecule has 0 saturated carbocycles. The van der Waals surface area contributed by atoms with Gasteiger partial charge >= 0.3 is 0 Å². The van der Waals surface area contributed by atoms with Crippen LogP contribution in [0.2, 0.25) is 0 Å². The van der Waals surface area contributed by atoms with Crippen LogP contribution in [-0.4, -0.2) is 32.6 Å². The molecule has 0 radical (unpaired) electrons. The van der Waals surface area contributed by atoms with Gasteiger partial charge in [-0.2, -0.15) is 4.31 Å². The Bertz CT molecular complexity index is 633. The van der Waals surface area contributed by atoms with Gasteiger partial charge in [0.1, 0.15) is 6.73 Å². The van der Waals surface area contributed by atoms with Gasteiger partial charge in [-0.3, -0.25) is 0 Å². The van der Waals surface area contributed by atoms with Gasteiger partial charge in [-0.1, -0.05) is 43.9 Å². The van der Waals surface area contributed by atoms with Crippen molar-refractivity contribution in [2.75, 3.05) is 13.8 Å². The molecule has 0 spiro atoms. The van der Waals surface area contributed by atoms with Gasteiger partial charge in [-0.15, -0.1) is 0 Å². The molecule has 0 N–H and O–H groups in total. The van der Waals surface area contributed by atoms with Crippen LogP contribution in [0.4, 0.5) is 0 Å². The SMILES string of the molecule is C=C/C=C(\CC)c1ccccc1S(=O)(=O)N(COC)C(C)C. The lowest BCUT2D eigenvalue weighted by molar-refractivity contribution is 0.102. The molecule has 0 bridgehead atoms. The van der Waals surface area contributed by atoms with Crippen molar-refractivity contribution in [3.8, 4) is 0 Å². The number of rotatable bonds is 8. The zero-order valence-corrected chi connectivity index (χ0v) is 14.6. The van der Waals surface area contributed by atoms with Crippen LogP contribution in [0.15, 0.2) is 47.9 Å². The lowest BCUT2D eigenvalue weighted by Gasteiger charge is -2.26. The zero-order valence-electron chi connectivity index (χ0n) is 13.7. The van der Waals surface area contributed by atoms with Crippen LogP contribution in [-0.2, 0) is 14.8 Å². The summed E-state index contributed by atoms with van der Waals surface area (Å²) < 4.78 is 32.4. The van der Waals surface area contributed by atoms with Crippen molar-refractivity contribution in [2.45, 2.75) is 38.1 Å². The molecule has 1 rings (SSSR count). The van der Waals surface area contributed by atoms with Gasteiger partial charge in [-0.25, -0.2) is 8.42 Å². The second kappa shape index (κ2) is 8.27. The fourth-order valence-electron chi connectivity index (χ4n) is 2.25. The molecule has 122 valence electrons. The average molecular weight is 323 g/mol. The van der Waals surface area contributed by atoms with Crippen molar-refractivity contribution in [3.63, 3.8) is 0 Å². The summed E-state index contributed by atoms with van der Waals surface area (Å²) in [4.78, 5) is 0.302. The fraction of sp³-hybridized carbons (Fsp3) is 0.412. The van der Waals surface area contributed by atoms with Gasteiger partial charge in [0, 0.05) is 13.2 Å². The third-order valence-corrected chi connectivity index (χ3v) is 5.41. The monoisotopic (exact) mass is 323 g/mol. The van der Waals surface area contributed by atoms with Gasteiger partial charge in [0.2, 0.25) is 10.0 Å². The molecule has 0 amide bonds. The highest BCUT2D eigenvalue weighted by Gasteiger charge is 2.29. The van der Waals surface area contributed by atoms with E-state index in [-0.39, 0.29) is 12.8 Å². The third kappa shape index (κ3) is 4.06. The Morgan fingerprint density at radius 1 is 1.36 bits per heavy atom. The molecule has 0 heterocycles. The number of hydrogen-bond acceptors (Lipinski definition) is 3. The normalized spacial score (nSPS) is 12.9. The number of hydrogen-bond donors (Lipinski definition) is 0. The smallest absolute Gasteiger partial charge is 0.245 e. The highest BCUT2D eigenvalue weighted by Crippen LogP contribution is 2.28. The summed E-state index contributed by atoms with van der Waals surface area (Å²) in [7, 11) is -2.14. The number of nitrogens with zero attached hydrogens (tertiary/aromatic N) is 1. The summed E-state index contributed by atoms with van der Waals surface area (Å²) >= 11 is 0. The average Bonchev–Trinajstić information content (AvgIpc) is 2.49. The number of sulfonamides is 1. The van der Waals surface area contributed by atoms with E-state index in [2.05, 4.69) is 6.58 Å². The molecular weight excluding hydrogens is 298 g/mol. The topological polar surface area (TPSA) is 46.6 Å². The summed E-state index contributed by atoms with van der Waals surface area (Å²) in [5.41, 5.74) is 1.65. The first-order chi connectivity index (χ1) is 10.4. The van der Waals surface area contributed by atoms with Crippen molar-refractivity contribution < 1.29 is 13.2 Å². The number of ether oxygens (including phenoxy) is 1. The van der Waals surface area contributed by atoms with Gasteiger partial charge in [-0.05, 0) is 37.5 Å². The van der Waals surface area contributed by atoms with E-state index >= 15 is 0 Å². The van der Waals surface area contributed by atoms with Gasteiger partial charge < -0.3 is 4.74 Å². The minimum atomic E-state index is -3.63. The number of allylic oxidation sites excluding steroid dienone is 3. The highest BCUT2D eigenvalue weighted by molar-refractivity contribution is 7.89. The molecule has 0 aliphatic heterocycles. The Labute approximate surface area is 134 Å². The Hall–Kier alpha value is -1.43. The standard InChI is InChI=1S/C17H25NO3S/c1-6-10-15(7-2)16-11-8-9-12-17(16)22(19,20)18(13-21-5)14(3)4/h6,8-12,14H,1,7,13H2,2-5H3/b15-10+. The summed E-state index contributed by atoms with van der Waals surface area (Å²) in [6, 6.07) is 6.87. The Morgan fingerprint density at radius 3 is 2.50 bits per heavy atom. The molecular formula is C17H25NO3S. The summed E-state index contributed by atoms with van der Waals surface area (Å²) in [5, 5.41) is 0. The molecule has 0 aromatic heterocycles. The van der Waals surface area contributed by atoms with Crippen LogP contribution >= 0.6 is 0 Å². The van der Waals surface area contributed by atoms with E-state index in [9.17, 15) is 8.42 Å². The molecule has 1 aromatic carbocycles. The largest absolute Gasteiger partial charge is 0.368 e. The van der Waals surface area contributed by atoms with Crippen molar-refractivity contribution in [1.29, 1.82) is 0 Å². The van der Waals surface area contributed by atoms with Crippen LogP contribution in [0.25, 0.3) is 5.57 Å². The van der Waals surface area contributed by atoms with E-state index in [1.807, 2.05) is 39.0 Å². The zero-order chi connectivity index (χ0) is 16.8. The first kappa shape index (κ1) is 18.6. The van der Waals surface area contributed by atoms with E-state index in [0.717, 1.165) is 12.0 Å². The lowest BCUT2D eigenvalue weighted by atomic mass is 10.0. The summed E-state index contributed by atoms with van der Waals surface area (Å²) in [5.74, 6) is 0. The van der Waals surface area contributed by atoms with Gasteiger partial charge in [0.25, 0.3) is 0 Å². The van der Waals surface area contributed by atoms with Crippen molar-refractivity contribution in [1.82, 2.24) is 4.31 Å². The molecule has 0 unspecified atom stereocenters. The molecule has 0 aliphatic rings. The summed E-state index contributed by atoms with van der Waals surface area (Å²) in [6.45, 7) is 9.39. The first-order valence-corrected chi connectivity index (χ1v) is 8.75. The number of methoxy groups -OCH3 is 1. The molecule has 4 nitrogen and oxygen atoms in total. The molecule has 0 aliphatic carbocycles. The lowest BCUT2D eigenvalue weighted by Crippen LogP contribution is -2.38. The molecule has 5 heteroatoms. The van der Waals surface area contributed by atoms with Gasteiger partial charge in [0.15, 0.2) is 0 Å². The fourth-order valence-corrected chi connectivity index (χ4v) is 4.03. The highest BCUT2D eigenvalue weighted by atomic mass is 32.2. The van der Waals surface area contributed by atoms with E-state index in [1.54, 1.807) is 18.2 Å². The van der Waals surface area contributed by atoms with Crippen molar-refractivity contribution in [2.24, 2.45) is 0 Å². The maximum atomic E-state index is 13.0. The Balaban J connectivity index is 3.49. The van der Waals surface area contributed by atoms with Crippen LogP contribution < -0.4 is 0 Å². The van der Waals surface area contributed by atoms with Crippen LogP contribution in [0, 0.1) is 0 Å². The predicted molar refractivity (Wildman–Crippen MR) is 90.9 cm³/mol. The Morgan fingerprint density at radius 2 is 2.00 bits per heavy atom. The van der Waals surface area contributed by atoms with Gasteiger partial charge in [0.05, 0.1) is 4.90 Å². The molecule has 0 atom stereocenters. The second-order valence-corrected chi connectivity index (χ2v) is 7.04. The minimum absolute atomic E-state index is 0.0287. The number of benzene rings is 1. The predicted octanol–water partition coefficient (Wildman–Crippen LogP) is 3.67. The maximum absolute atomic E-state index is 13.0. The van der Waals surface area contributed by atoms with E-state index in [0.29, 0.717) is 10.5 Å². The van der Waals surface area contributed by atoms with Crippen LogP contribution in [0.5, 0.6) is 0 Å². The molecule has 0 fully saturated rings.